The Morgan fingerprint density at radius 3 is 1.86 bits per heavy atom. The van der Waals surface area contributed by atoms with Crippen LogP contribution in [0.5, 0.6) is 0 Å². The fraction of sp³-hybridized carbons (Fsp3) is 1.00. The standard InChI is InChI=1S/CH4O3S.H2O.Y/c1-4-5(2)3;;/h1H3,(H,2,3);1H2;/p-1. The van der Waals surface area contributed by atoms with Gasteiger partial charge in [0.15, 0.2) is 0 Å². The first-order valence-electron chi connectivity index (χ1n) is 0.908. The van der Waals surface area contributed by atoms with Gasteiger partial charge >= 0.3 is 0 Å². The van der Waals surface area contributed by atoms with E-state index in [1.807, 2.05) is 0 Å². The molecule has 1 atom stereocenters. The maximum atomic E-state index is 9.15. The third kappa shape index (κ3) is 19.1. The van der Waals surface area contributed by atoms with Gasteiger partial charge in [0.05, 0.1) is 18.5 Å². The van der Waals surface area contributed by atoms with Gasteiger partial charge in [0.25, 0.3) is 0 Å². The third-order valence-electron chi connectivity index (χ3n) is 0.136. The van der Waals surface area contributed by atoms with Crippen LogP contribution in [0.3, 0.4) is 0 Å². The molecule has 0 amide bonds. The van der Waals surface area contributed by atoms with E-state index in [9.17, 15) is 0 Å². The number of hydrogen-bond donors (Lipinski definition) is 0. The summed E-state index contributed by atoms with van der Waals surface area (Å²) >= 11 is -2.32. The molecule has 6 heteroatoms. The summed E-state index contributed by atoms with van der Waals surface area (Å²) in [5, 5.41) is 0. The third-order valence-corrected chi connectivity index (χ3v) is 0.408. The van der Waals surface area contributed by atoms with Crippen LogP contribution in [0.15, 0.2) is 0 Å². The quantitative estimate of drug-likeness (QED) is 0.490. The van der Waals surface area contributed by atoms with E-state index in [0.717, 1.165) is 7.11 Å². The summed E-state index contributed by atoms with van der Waals surface area (Å²) in [6.45, 7) is 0. The van der Waals surface area contributed by atoms with E-state index in [0.29, 0.717) is 0 Å². The minimum absolute atomic E-state index is 0. The minimum Gasteiger partial charge on any atom is -0.750 e. The summed E-state index contributed by atoms with van der Waals surface area (Å²) in [4.78, 5) is 0. The summed E-state index contributed by atoms with van der Waals surface area (Å²) < 4.78 is 22.0. The summed E-state index contributed by atoms with van der Waals surface area (Å²) in [5.74, 6) is 0. The van der Waals surface area contributed by atoms with Crippen LogP contribution in [-0.2, 0) is 48.3 Å². The molecule has 1 unspecified atom stereocenters. The van der Waals surface area contributed by atoms with Crippen molar-refractivity contribution < 1.29 is 51.1 Å². The van der Waals surface area contributed by atoms with Crippen LogP contribution in [0.4, 0.5) is 0 Å². The van der Waals surface area contributed by atoms with E-state index >= 15 is 0 Å². The molecule has 0 spiro atoms. The van der Waals surface area contributed by atoms with Gasteiger partial charge in [-0.1, -0.05) is 0 Å². The van der Waals surface area contributed by atoms with Crippen molar-refractivity contribution in [3.63, 3.8) is 0 Å². The normalized spacial score (nSPS) is 10.6. The largest absolute Gasteiger partial charge is 0.750 e. The molecule has 0 saturated carbocycles. The van der Waals surface area contributed by atoms with E-state index < -0.39 is 11.4 Å². The van der Waals surface area contributed by atoms with E-state index in [-0.39, 0.29) is 38.2 Å². The summed E-state index contributed by atoms with van der Waals surface area (Å²) in [6, 6.07) is 0. The predicted molar refractivity (Wildman–Crippen MR) is 19.5 cm³/mol. The van der Waals surface area contributed by atoms with Crippen molar-refractivity contribution in [2.75, 3.05) is 7.11 Å². The SMILES string of the molecule is COS(=O)[O-].O.[Y]. The second-order valence-electron chi connectivity index (χ2n) is 0.371. The Labute approximate surface area is 69.3 Å². The molecule has 7 heavy (non-hydrogen) atoms. The van der Waals surface area contributed by atoms with Crippen LogP contribution in [0.1, 0.15) is 0 Å². The van der Waals surface area contributed by atoms with Crippen LogP contribution in [0.2, 0.25) is 0 Å². The van der Waals surface area contributed by atoms with Crippen molar-refractivity contribution in [2.24, 2.45) is 0 Å². The fourth-order valence-corrected chi connectivity index (χ4v) is 0. The van der Waals surface area contributed by atoms with Crippen molar-refractivity contribution in [2.45, 2.75) is 0 Å². The van der Waals surface area contributed by atoms with Gasteiger partial charge in [-0.3, -0.25) is 0 Å². The molecular formula is CH5O4SY-. The molecule has 0 aliphatic rings. The first-order chi connectivity index (χ1) is 2.27. The Morgan fingerprint density at radius 1 is 1.71 bits per heavy atom. The van der Waals surface area contributed by atoms with Crippen LogP contribution >= 0.6 is 0 Å². The van der Waals surface area contributed by atoms with Gasteiger partial charge in [-0.05, 0) is 0 Å². The molecular weight excluding hydrogens is 197 g/mol. The molecule has 0 heterocycles. The minimum atomic E-state index is -2.32. The van der Waals surface area contributed by atoms with Crippen LogP contribution in [0, 0.1) is 0 Å². The topological polar surface area (TPSA) is 80.9 Å². The average molecular weight is 202 g/mol. The first kappa shape index (κ1) is 15.7. The molecule has 0 saturated heterocycles. The molecule has 1 radical (unpaired) electrons. The Balaban J connectivity index is -0.0000000800. The zero-order chi connectivity index (χ0) is 4.28. The van der Waals surface area contributed by atoms with Crippen LogP contribution in [0.25, 0.3) is 0 Å². The predicted octanol–water partition coefficient (Wildman–Crippen LogP) is -1.40. The fourth-order valence-electron chi connectivity index (χ4n) is 0. The van der Waals surface area contributed by atoms with Gasteiger partial charge in [-0.15, -0.1) is 0 Å². The van der Waals surface area contributed by atoms with E-state index in [1.165, 1.54) is 0 Å². The van der Waals surface area contributed by atoms with Crippen molar-refractivity contribution in [3.8, 4) is 0 Å². The average Bonchev–Trinajstić information content (AvgIpc) is 1.38. The molecule has 0 bridgehead atoms. The Kier molecular flexibility index (Phi) is 22.8. The van der Waals surface area contributed by atoms with E-state index in [2.05, 4.69) is 4.18 Å². The second kappa shape index (κ2) is 10.2. The van der Waals surface area contributed by atoms with E-state index in [1.54, 1.807) is 0 Å². The van der Waals surface area contributed by atoms with E-state index in [4.69, 9.17) is 8.76 Å². The monoisotopic (exact) mass is 202 g/mol. The molecule has 0 aromatic carbocycles. The number of rotatable bonds is 1. The molecule has 0 fully saturated rings. The summed E-state index contributed by atoms with van der Waals surface area (Å²) in [7, 11) is 1.09. The molecule has 43 valence electrons. The molecule has 4 nitrogen and oxygen atoms in total. The van der Waals surface area contributed by atoms with Gasteiger partial charge in [0, 0.05) is 32.7 Å². The van der Waals surface area contributed by atoms with Crippen molar-refractivity contribution >= 4 is 11.4 Å². The van der Waals surface area contributed by atoms with Gasteiger partial charge in [0.1, 0.15) is 0 Å². The Hall–Kier alpha value is 1.13. The molecule has 2 N–H and O–H groups in total. The van der Waals surface area contributed by atoms with Gasteiger partial charge in [-0.25, -0.2) is 4.21 Å². The van der Waals surface area contributed by atoms with Crippen LogP contribution in [-0.4, -0.2) is 21.3 Å². The molecule has 0 aromatic rings. The smallest absolute Gasteiger partial charge is 0.0839 e. The van der Waals surface area contributed by atoms with Crippen LogP contribution < -0.4 is 0 Å². The van der Waals surface area contributed by atoms with Crippen molar-refractivity contribution in [1.29, 1.82) is 0 Å². The zero-order valence-corrected chi connectivity index (χ0v) is 7.37. The van der Waals surface area contributed by atoms with Gasteiger partial charge in [-0.2, -0.15) is 0 Å². The maximum Gasteiger partial charge on any atom is 0.0839 e. The maximum absolute atomic E-state index is 9.15. The molecule has 0 aliphatic carbocycles. The second-order valence-corrected chi connectivity index (χ2v) is 1.11. The molecule has 0 aliphatic heterocycles. The van der Waals surface area contributed by atoms with Crippen molar-refractivity contribution in [3.05, 3.63) is 0 Å². The summed E-state index contributed by atoms with van der Waals surface area (Å²) in [5.41, 5.74) is 0. The van der Waals surface area contributed by atoms with Gasteiger partial charge < -0.3 is 14.2 Å². The Morgan fingerprint density at radius 2 is 1.86 bits per heavy atom. The van der Waals surface area contributed by atoms with Crippen molar-refractivity contribution in [1.82, 2.24) is 0 Å². The zero-order valence-electron chi connectivity index (χ0n) is 3.71. The molecule has 0 rings (SSSR count). The first-order valence-corrected chi connectivity index (χ1v) is 1.91. The Bertz CT molecular complexity index is 47.0. The molecule has 0 aromatic heterocycles. The number of hydrogen-bond acceptors (Lipinski definition) is 3. The summed E-state index contributed by atoms with van der Waals surface area (Å²) in [6.07, 6.45) is 0. The van der Waals surface area contributed by atoms with Gasteiger partial charge in [0.2, 0.25) is 0 Å².